The summed E-state index contributed by atoms with van der Waals surface area (Å²) in [6.07, 6.45) is 6.31. The Hall–Kier alpha value is -3.58. The van der Waals surface area contributed by atoms with Crippen molar-refractivity contribution in [1.82, 2.24) is 15.3 Å². The molecule has 0 bridgehead atoms. The molecule has 33 heavy (non-hydrogen) atoms. The average Bonchev–Trinajstić information content (AvgIpc) is 3.09. The second-order valence-corrected chi connectivity index (χ2v) is 8.71. The van der Waals surface area contributed by atoms with Gasteiger partial charge in [0.15, 0.2) is 0 Å². The zero-order chi connectivity index (χ0) is 22.6. The molecule has 0 atom stereocenters. The Bertz CT molecular complexity index is 1290. The third-order valence-electron chi connectivity index (χ3n) is 5.71. The van der Waals surface area contributed by atoms with Crippen molar-refractivity contribution in [3.8, 4) is 5.75 Å². The summed E-state index contributed by atoms with van der Waals surface area (Å²) in [6, 6.07) is 20.0. The van der Waals surface area contributed by atoms with Gasteiger partial charge in [0.05, 0.1) is 17.8 Å². The molecule has 1 aliphatic heterocycles. The number of nitrogens with zero attached hydrogens (tertiary/aromatic N) is 3. The van der Waals surface area contributed by atoms with Gasteiger partial charge in [-0.15, -0.1) is 11.8 Å². The minimum Gasteiger partial charge on any atom is -0.491 e. The Morgan fingerprint density at radius 2 is 2.00 bits per heavy atom. The molecule has 4 aromatic rings. The van der Waals surface area contributed by atoms with E-state index in [1.165, 1.54) is 4.90 Å². The quantitative estimate of drug-likeness (QED) is 0.416. The van der Waals surface area contributed by atoms with Crippen LogP contribution >= 0.6 is 11.8 Å². The molecule has 0 spiro atoms. The van der Waals surface area contributed by atoms with E-state index in [-0.39, 0.29) is 5.91 Å². The summed E-state index contributed by atoms with van der Waals surface area (Å²) in [4.78, 5) is 24.7. The van der Waals surface area contributed by atoms with Crippen LogP contribution in [0, 0.1) is 0 Å². The highest BCUT2D eigenvalue weighted by molar-refractivity contribution is 7.98. The fourth-order valence-electron chi connectivity index (χ4n) is 3.96. The van der Waals surface area contributed by atoms with Gasteiger partial charge in [-0.2, -0.15) is 0 Å². The molecule has 0 saturated carbocycles. The molecular formula is C26H24N4O2S. The Labute approximate surface area is 197 Å². The van der Waals surface area contributed by atoms with E-state index in [0.717, 1.165) is 40.8 Å². The zero-order valence-corrected chi connectivity index (χ0v) is 19.1. The molecule has 0 unspecified atom stereocenters. The lowest BCUT2D eigenvalue weighted by Crippen LogP contribution is -2.23. The van der Waals surface area contributed by atoms with Crippen molar-refractivity contribution < 1.29 is 9.53 Å². The Kier molecular flexibility index (Phi) is 6.13. The van der Waals surface area contributed by atoms with Crippen molar-refractivity contribution in [3.63, 3.8) is 0 Å². The van der Waals surface area contributed by atoms with E-state index >= 15 is 0 Å². The van der Waals surface area contributed by atoms with Crippen molar-refractivity contribution in [2.24, 2.45) is 0 Å². The number of carbonyl (C=O) groups is 1. The molecule has 1 amide bonds. The lowest BCUT2D eigenvalue weighted by Gasteiger charge is -2.24. The molecule has 5 rings (SSSR count). The highest BCUT2D eigenvalue weighted by Crippen LogP contribution is 2.37. The third-order valence-corrected chi connectivity index (χ3v) is 6.45. The number of ether oxygens (including phenoxy) is 1. The second-order valence-electron chi connectivity index (χ2n) is 7.83. The Morgan fingerprint density at radius 3 is 2.85 bits per heavy atom. The standard InChI is InChI=1S/C26H24N4O2S/c1-33-22-7-3-18(4-8-22)15-28-26(31)19-5-10-24-25(14-19)32-12-2-11-30(24)21-6-9-23-20(13-21)16-27-17-29-23/h3-10,13-14,16-17H,2,11-12,15H2,1H3,(H,28,31). The fourth-order valence-corrected chi connectivity index (χ4v) is 4.36. The van der Waals surface area contributed by atoms with E-state index in [0.29, 0.717) is 24.5 Å². The summed E-state index contributed by atoms with van der Waals surface area (Å²) in [5.74, 6) is 0.600. The number of benzene rings is 3. The number of fused-ring (bicyclic) bond motifs is 2. The van der Waals surface area contributed by atoms with Crippen molar-refractivity contribution >= 4 is 39.9 Å². The van der Waals surface area contributed by atoms with E-state index in [1.807, 2.05) is 48.9 Å². The number of hydrogen-bond acceptors (Lipinski definition) is 6. The molecule has 0 aliphatic carbocycles. The van der Waals surface area contributed by atoms with Gasteiger partial charge in [0.25, 0.3) is 5.91 Å². The molecule has 1 aliphatic rings. The minimum absolute atomic E-state index is 0.117. The third kappa shape index (κ3) is 4.64. The topological polar surface area (TPSA) is 67.3 Å². The molecule has 7 heteroatoms. The van der Waals surface area contributed by atoms with Gasteiger partial charge in [-0.3, -0.25) is 4.79 Å². The molecule has 1 aromatic heterocycles. The monoisotopic (exact) mass is 456 g/mol. The van der Waals surface area contributed by atoms with Crippen molar-refractivity contribution in [2.75, 3.05) is 24.3 Å². The molecule has 1 N–H and O–H groups in total. The SMILES string of the molecule is CSc1ccc(CNC(=O)c2ccc3c(c2)OCCCN3c2ccc3ncncc3c2)cc1. The fraction of sp³-hybridized carbons (Fsp3) is 0.192. The molecule has 6 nitrogen and oxygen atoms in total. The Morgan fingerprint density at radius 1 is 1.12 bits per heavy atom. The number of aromatic nitrogens is 2. The van der Waals surface area contributed by atoms with Crippen LogP contribution in [0.5, 0.6) is 5.75 Å². The van der Waals surface area contributed by atoms with Gasteiger partial charge in [0, 0.05) is 40.8 Å². The number of anilines is 2. The highest BCUT2D eigenvalue weighted by Gasteiger charge is 2.20. The van der Waals surface area contributed by atoms with Crippen LogP contribution < -0.4 is 15.0 Å². The van der Waals surface area contributed by atoms with Crippen LogP contribution in [-0.4, -0.2) is 35.3 Å². The van der Waals surface area contributed by atoms with Crippen LogP contribution in [0.1, 0.15) is 22.3 Å². The second kappa shape index (κ2) is 9.50. The van der Waals surface area contributed by atoms with E-state index in [4.69, 9.17) is 4.74 Å². The number of rotatable bonds is 5. The largest absolute Gasteiger partial charge is 0.491 e. The van der Waals surface area contributed by atoms with E-state index in [9.17, 15) is 4.79 Å². The number of amides is 1. The first-order valence-corrected chi connectivity index (χ1v) is 12.1. The first kappa shape index (κ1) is 21.3. The van der Waals surface area contributed by atoms with E-state index < -0.39 is 0 Å². The first-order valence-electron chi connectivity index (χ1n) is 10.9. The highest BCUT2D eigenvalue weighted by atomic mass is 32.2. The van der Waals surface area contributed by atoms with Gasteiger partial charge in [-0.25, -0.2) is 9.97 Å². The van der Waals surface area contributed by atoms with Gasteiger partial charge in [-0.1, -0.05) is 12.1 Å². The van der Waals surface area contributed by atoms with Crippen LogP contribution in [0.3, 0.4) is 0 Å². The number of hydrogen-bond donors (Lipinski definition) is 1. The summed E-state index contributed by atoms with van der Waals surface area (Å²) in [7, 11) is 0. The van der Waals surface area contributed by atoms with Gasteiger partial charge >= 0.3 is 0 Å². The molecule has 166 valence electrons. The number of nitrogens with one attached hydrogen (secondary N) is 1. The van der Waals surface area contributed by atoms with Crippen molar-refractivity contribution in [1.29, 1.82) is 0 Å². The van der Waals surface area contributed by atoms with Gasteiger partial charge in [-0.05, 0) is 66.8 Å². The number of carbonyl (C=O) groups excluding carboxylic acids is 1. The smallest absolute Gasteiger partial charge is 0.251 e. The molecule has 2 heterocycles. The predicted molar refractivity (Wildman–Crippen MR) is 132 cm³/mol. The molecule has 3 aromatic carbocycles. The summed E-state index contributed by atoms with van der Waals surface area (Å²) >= 11 is 1.70. The molecular weight excluding hydrogens is 432 g/mol. The average molecular weight is 457 g/mol. The normalized spacial score (nSPS) is 13.2. The minimum atomic E-state index is -0.117. The van der Waals surface area contributed by atoms with E-state index in [2.05, 4.69) is 44.5 Å². The maximum Gasteiger partial charge on any atom is 0.251 e. The lowest BCUT2D eigenvalue weighted by molar-refractivity contribution is 0.0950. The van der Waals surface area contributed by atoms with Crippen LogP contribution in [0.15, 0.2) is 78.1 Å². The van der Waals surface area contributed by atoms with Crippen molar-refractivity contribution in [3.05, 3.63) is 84.3 Å². The van der Waals surface area contributed by atoms with Gasteiger partial charge in [0.2, 0.25) is 0 Å². The van der Waals surface area contributed by atoms with Crippen LogP contribution in [0.25, 0.3) is 10.9 Å². The van der Waals surface area contributed by atoms with Crippen LogP contribution in [-0.2, 0) is 6.54 Å². The summed E-state index contributed by atoms with van der Waals surface area (Å²) in [5.41, 5.74) is 4.57. The van der Waals surface area contributed by atoms with Crippen LogP contribution in [0.4, 0.5) is 11.4 Å². The summed E-state index contributed by atoms with van der Waals surface area (Å²) in [6.45, 7) is 1.91. The predicted octanol–water partition coefficient (Wildman–Crippen LogP) is 5.20. The maximum absolute atomic E-state index is 12.8. The molecule has 0 radical (unpaired) electrons. The zero-order valence-electron chi connectivity index (χ0n) is 18.3. The summed E-state index contributed by atoms with van der Waals surface area (Å²) in [5, 5.41) is 4.00. The first-order chi connectivity index (χ1) is 16.2. The Balaban J connectivity index is 1.37. The van der Waals surface area contributed by atoms with Crippen molar-refractivity contribution in [2.45, 2.75) is 17.9 Å². The lowest BCUT2D eigenvalue weighted by atomic mass is 10.1. The van der Waals surface area contributed by atoms with E-state index in [1.54, 1.807) is 18.1 Å². The number of thioether (sulfide) groups is 1. The van der Waals surface area contributed by atoms with Crippen LogP contribution in [0.2, 0.25) is 0 Å². The van der Waals surface area contributed by atoms with Gasteiger partial charge in [0.1, 0.15) is 12.1 Å². The molecule has 0 fully saturated rings. The van der Waals surface area contributed by atoms with Gasteiger partial charge < -0.3 is 15.0 Å². The maximum atomic E-state index is 12.8. The molecule has 0 saturated heterocycles. The summed E-state index contributed by atoms with van der Waals surface area (Å²) < 4.78 is 6.02.